The summed E-state index contributed by atoms with van der Waals surface area (Å²) in [5.41, 5.74) is 0.969. The highest BCUT2D eigenvalue weighted by Crippen LogP contribution is 2.30. The Labute approximate surface area is 164 Å². The van der Waals surface area contributed by atoms with Crippen LogP contribution in [-0.4, -0.2) is 55.3 Å². The Morgan fingerprint density at radius 3 is 2.74 bits per heavy atom. The number of thioether (sulfide) groups is 1. The van der Waals surface area contributed by atoms with Gasteiger partial charge in [-0.15, -0.1) is 0 Å². The second kappa shape index (κ2) is 9.58. The first-order valence-electron chi connectivity index (χ1n) is 9.40. The van der Waals surface area contributed by atoms with Crippen LogP contribution in [0.4, 0.5) is 0 Å². The minimum atomic E-state index is -0.166. The van der Waals surface area contributed by atoms with Crippen molar-refractivity contribution in [1.82, 2.24) is 4.90 Å². The number of hydrogen-bond donors (Lipinski definition) is 1. The lowest BCUT2D eigenvalue weighted by molar-refractivity contribution is -0.903. The van der Waals surface area contributed by atoms with E-state index in [0.717, 1.165) is 55.6 Å². The minimum Gasteiger partial charge on any atom is -0.494 e. The molecule has 142 valence electrons. The third-order valence-electron chi connectivity index (χ3n) is 4.59. The zero-order valence-corrected chi connectivity index (χ0v) is 16.4. The molecule has 2 heterocycles. The summed E-state index contributed by atoms with van der Waals surface area (Å²) in [4.78, 5) is 20.8. The van der Waals surface area contributed by atoms with Crippen molar-refractivity contribution < 1.29 is 14.4 Å². The van der Waals surface area contributed by atoms with E-state index in [-0.39, 0.29) is 5.91 Å². The Morgan fingerprint density at radius 1 is 1.33 bits per heavy atom. The molecule has 0 radical (unpaired) electrons. The Hall–Kier alpha value is -2.30. The van der Waals surface area contributed by atoms with Gasteiger partial charge in [-0.3, -0.25) is 4.79 Å². The van der Waals surface area contributed by atoms with Gasteiger partial charge < -0.3 is 14.5 Å². The fourth-order valence-corrected chi connectivity index (χ4v) is 4.03. The van der Waals surface area contributed by atoms with Crippen molar-refractivity contribution in [3.63, 3.8) is 0 Å². The van der Waals surface area contributed by atoms with Crippen molar-refractivity contribution in [3.8, 4) is 11.8 Å². The van der Waals surface area contributed by atoms with Crippen molar-refractivity contribution >= 4 is 28.9 Å². The number of nitrogens with zero attached hydrogens (tertiary/aromatic N) is 3. The number of benzene rings is 1. The van der Waals surface area contributed by atoms with Crippen LogP contribution in [-0.2, 0) is 4.79 Å². The lowest BCUT2D eigenvalue weighted by Crippen LogP contribution is -3.14. The molecule has 1 fully saturated rings. The normalized spacial score (nSPS) is 19.3. The molecule has 1 amide bonds. The van der Waals surface area contributed by atoms with Crippen LogP contribution in [0.15, 0.2) is 34.2 Å². The van der Waals surface area contributed by atoms with E-state index in [1.54, 1.807) is 0 Å². The van der Waals surface area contributed by atoms with Crippen molar-refractivity contribution in [2.45, 2.75) is 19.8 Å². The van der Waals surface area contributed by atoms with E-state index in [9.17, 15) is 4.79 Å². The second-order valence-corrected chi connectivity index (χ2v) is 7.63. The molecule has 0 atom stereocenters. The Kier molecular flexibility index (Phi) is 6.91. The standard InChI is InChI=1S/C20H24N4O2S/c1-2-14-26-17-6-4-16(5-7-17)15-18-19(25)22-20(27-18)24-12-10-23(11-13-24)9-3-8-21/h4-7,15H,2-3,9-14H2,1H3/p+1/b18-15-. The molecule has 1 aromatic carbocycles. The number of ether oxygens (including phenoxy) is 1. The van der Waals surface area contributed by atoms with Crippen LogP contribution < -0.4 is 9.64 Å². The summed E-state index contributed by atoms with van der Waals surface area (Å²) in [5.74, 6) is 0.679. The highest BCUT2D eigenvalue weighted by molar-refractivity contribution is 8.18. The number of carbonyl (C=O) groups excluding carboxylic acids is 1. The second-order valence-electron chi connectivity index (χ2n) is 6.62. The first kappa shape index (κ1) is 19.5. The molecular weight excluding hydrogens is 360 g/mol. The predicted molar refractivity (Wildman–Crippen MR) is 108 cm³/mol. The Morgan fingerprint density at radius 2 is 2.07 bits per heavy atom. The third-order valence-corrected chi connectivity index (χ3v) is 5.64. The Bertz CT molecular complexity index is 759. The van der Waals surface area contributed by atoms with Gasteiger partial charge in [-0.2, -0.15) is 10.3 Å². The lowest BCUT2D eigenvalue weighted by atomic mass is 10.2. The number of amidine groups is 1. The molecular formula is C20H25N4O2S+. The molecule has 2 aliphatic heterocycles. The number of amides is 1. The van der Waals surface area contributed by atoms with Crippen LogP contribution in [0.2, 0.25) is 0 Å². The number of nitrogens with one attached hydrogen (secondary N) is 1. The van der Waals surface area contributed by atoms with Gasteiger partial charge in [-0.05, 0) is 42.0 Å². The van der Waals surface area contributed by atoms with E-state index >= 15 is 0 Å². The topological polar surface area (TPSA) is 70.1 Å². The largest absolute Gasteiger partial charge is 0.494 e. The van der Waals surface area contributed by atoms with E-state index in [2.05, 4.69) is 22.9 Å². The number of piperazine rings is 1. The van der Waals surface area contributed by atoms with E-state index in [0.29, 0.717) is 17.9 Å². The summed E-state index contributed by atoms with van der Waals surface area (Å²) in [6, 6.07) is 9.98. The average molecular weight is 386 g/mol. The van der Waals surface area contributed by atoms with Crippen LogP contribution >= 0.6 is 11.8 Å². The number of quaternary nitrogens is 1. The average Bonchev–Trinajstić information content (AvgIpc) is 3.06. The van der Waals surface area contributed by atoms with Gasteiger partial charge in [-0.1, -0.05) is 19.1 Å². The number of carbonyl (C=O) groups is 1. The van der Waals surface area contributed by atoms with E-state index < -0.39 is 0 Å². The summed E-state index contributed by atoms with van der Waals surface area (Å²) >= 11 is 1.45. The highest BCUT2D eigenvalue weighted by atomic mass is 32.2. The van der Waals surface area contributed by atoms with Gasteiger partial charge in [0.15, 0.2) is 5.17 Å². The molecule has 7 heteroatoms. The van der Waals surface area contributed by atoms with Gasteiger partial charge in [0.25, 0.3) is 5.91 Å². The molecule has 1 N–H and O–H groups in total. The fraction of sp³-hybridized carbons (Fsp3) is 0.450. The smallest absolute Gasteiger partial charge is 0.286 e. The zero-order chi connectivity index (χ0) is 19.1. The maximum absolute atomic E-state index is 12.3. The molecule has 3 rings (SSSR count). The Balaban J connectivity index is 1.56. The number of hydrogen-bond acceptors (Lipinski definition) is 5. The number of aliphatic imine (C=N–C) groups is 1. The van der Waals surface area contributed by atoms with Gasteiger partial charge in [0, 0.05) is 0 Å². The first-order chi connectivity index (χ1) is 13.2. The molecule has 0 spiro atoms. The van der Waals surface area contributed by atoms with Crippen LogP contribution in [0.1, 0.15) is 25.3 Å². The first-order valence-corrected chi connectivity index (χ1v) is 10.2. The van der Waals surface area contributed by atoms with Crippen LogP contribution in [0, 0.1) is 11.3 Å². The van der Waals surface area contributed by atoms with Gasteiger partial charge in [0.2, 0.25) is 0 Å². The SMILES string of the molecule is CCCOc1ccc(/C=C2\SC(N3CC[NH+](CCC#N)CC3)=NC2=O)cc1. The molecule has 0 aromatic heterocycles. The summed E-state index contributed by atoms with van der Waals surface area (Å²) < 4.78 is 5.59. The van der Waals surface area contributed by atoms with E-state index in [1.165, 1.54) is 16.7 Å². The maximum atomic E-state index is 12.3. The maximum Gasteiger partial charge on any atom is 0.286 e. The van der Waals surface area contributed by atoms with Crippen LogP contribution in [0.25, 0.3) is 6.08 Å². The molecule has 1 saturated heterocycles. The molecule has 0 aliphatic carbocycles. The summed E-state index contributed by atoms with van der Waals surface area (Å²) in [6.07, 6.45) is 3.46. The van der Waals surface area contributed by atoms with Crippen molar-refractivity contribution in [2.24, 2.45) is 4.99 Å². The quantitative estimate of drug-likeness (QED) is 0.753. The fourth-order valence-electron chi connectivity index (χ4n) is 3.06. The molecule has 0 unspecified atom stereocenters. The molecule has 1 aromatic rings. The number of nitriles is 1. The van der Waals surface area contributed by atoms with Gasteiger partial charge in [0.05, 0.1) is 56.7 Å². The van der Waals surface area contributed by atoms with Gasteiger partial charge in [0.1, 0.15) is 5.75 Å². The van der Waals surface area contributed by atoms with Crippen LogP contribution in [0.3, 0.4) is 0 Å². The minimum absolute atomic E-state index is 0.166. The number of rotatable bonds is 6. The van der Waals surface area contributed by atoms with Crippen molar-refractivity contribution in [2.75, 3.05) is 39.3 Å². The van der Waals surface area contributed by atoms with Gasteiger partial charge >= 0.3 is 0 Å². The van der Waals surface area contributed by atoms with E-state index in [1.807, 2.05) is 30.3 Å². The third kappa shape index (κ3) is 5.34. The molecule has 2 aliphatic rings. The molecule has 0 bridgehead atoms. The van der Waals surface area contributed by atoms with Crippen molar-refractivity contribution in [1.29, 1.82) is 5.26 Å². The molecule has 6 nitrogen and oxygen atoms in total. The highest BCUT2D eigenvalue weighted by Gasteiger charge is 2.29. The lowest BCUT2D eigenvalue weighted by Gasteiger charge is -2.32. The van der Waals surface area contributed by atoms with Gasteiger partial charge in [-0.25, -0.2) is 0 Å². The summed E-state index contributed by atoms with van der Waals surface area (Å²) in [7, 11) is 0. The molecule has 27 heavy (non-hydrogen) atoms. The van der Waals surface area contributed by atoms with Crippen LogP contribution in [0.5, 0.6) is 5.75 Å². The van der Waals surface area contributed by atoms with Crippen molar-refractivity contribution in [3.05, 3.63) is 34.7 Å². The van der Waals surface area contributed by atoms with E-state index in [4.69, 9.17) is 10.00 Å². The molecule has 0 saturated carbocycles. The monoisotopic (exact) mass is 385 g/mol. The predicted octanol–water partition coefficient (Wildman–Crippen LogP) is 1.56. The summed E-state index contributed by atoms with van der Waals surface area (Å²) in [6.45, 7) is 7.38. The zero-order valence-electron chi connectivity index (χ0n) is 15.6. The summed E-state index contributed by atoms with van der Waals surface area (Å²) in [5, 5.41) is 9.51.